The van der Waals surface area contributed by atoms with Crippen molar-refractivity contribution in [3.05, 3.63) is 70.8 Å². The topological polar surface area (TPSA) is 56.7 Å². The molecule has 1 heterocycles. The van der Waals surface area contributed by atoms with Crippen LogP contribution >= 0.6 is 0 Å². The summed E-state index contributed by atoms with van der Waals surface area (Å²) in [4.78, 5) is 18.3. The zero-order chi connectivity index (χ0) is 22.3. The normalized spacial score (nSPS) is 14.8. The number of benzene rings is 2. The fourth-order valence-corrected chi connectivity index (χ4v) is 3.43. The molecule has 0 aliphatic carbocycles. The van der Waals surface area contributed by atoms with Crippen molar-refractivity contribution in [3.8, 4) is 0 Å². The SMILES string of the molecule is CCNC(=NCc1cccc(CN2CCCC2=O)c1)NCc1ccc(C(F)(F)F)cc1. The molecule has 0 unspecified atom stereocenters. The Morgan fingerprint density at radius 3 is 2.45 bits per heavy atom. The first kappa shape index (κ1) is 22.7. The van der Waals surface area contributed by atoms with E-state index in [1.54, 1.807) is 0 Å². The molecule has 1 aliphatic heterocycles. The molecule has 1 saturated heterocycles. The average molecular weight is 432 g/mol. The number of hydrogen-bond acceptors (Lipinski definition) is 2. The van der Waals surface area contributed by atoms with E-state index in [-0.39, 0.29) is 5.91 Å². The number of nitrogens with zero attached hydrogens (tertiary/aromatic N) is 2. The van der Waals surface area contributed by atoms with Gasteiger partial charge in [0.15, 0.2) is 5.96 Å². The van der Waals surface area contributed by atoms with Crippen LogP contribution in [0.15, 0.2) is 53.5 Å². The van der Waals surface area contributed by atoms with Crippen molar-refractivity contribution in [1.29, 1.82) is 0 Å². The van der Waals surface area contributed by atoms with Gasteiger partial charge in [0.2, 0.25) is 5.91 Å². The Morgan fingerprint density at radius 2 is 1.81 bits per heavy atom. The van der Waals surface area contributed by atoms with Crippen LogP contribution in [0.1, 0.15) is 42.0 Å². The third-order valence-corrected chi connectivity index (χ3v) is 5.04. The maximum absolute atomic E-state index is 12.7. The molecule has 1 amide bonds. The first-order chi connectivity index (χ1) is 14.8. The van der Waals surface area contributed by atoms with Crippen LogP contribution in [-0.2, 0) is 30.6 Å². The van der Waals surface area contributed by atoms with E-state index in [0.29, 0.717) is 38.6 Å². The largest absolute Gasteiger partial charge is 0.416 e. The predicted octanol–water partition coefficient (Wildman–Crippen LogP) is 4.08. The van der Waals surface area contributed by atoms with E-state index in [0.717, 1.165) is 41.8 Å². The molecule has 0 bridgehead atoms. The average Bonchev–Trinajstić information content (AvgIpc) is 3.14. The molecule has 0 aromatic heterocycles. The van der Waals surface area contributed by atoms with Crippen molar-refractivity contribution in [2.24, 2.45) is 4.99 Å². The molecule has 3 rings (SSSR count). The highest BCUT2D eigenvalue weighted by atomic mass is 19.4. The summed E-state index contributed by atoms with van der Waals surface area (Å²) in [6.07, 6.45) is -2.79. The lowest BCUT2D eigenvalue weighted by Crippen LogP contribution is -2.36. The lowest BCUT2D eigenvalue weighted by atomic mass is 10.1. The molecule has 8 heteroatoms. The first-order valence-corrected chi connectivity index (χ1v) is 10.4. The summed E-state index contributed by atoms with van der Waals surface area (Å²) >= 11 is 0. The minimum atomic E-state index is -4.33. The minimum Gasteiger partial charge on any atom is -0.357 e. The van der Waals surface area contributed by atoms with Gasteiger partial charge in [0, 0.05) is 32.6 Å². The molecule has 2 aromatic carbocycles. The highest BCUT2D eigenvalue weighted by Crippen LogP contribution is 2.29. The maximum atomic E-state index is 12.7. The molecule has 1 aliphatic rings. The summed E-state index contributed by atoms with van der Waals surface area (Å²) in [6, 6.07) is 13.1. The molecular formula is C23H27F3N4O. The maximum Gasteiger partial charge on any atom is 0.416 e. The number of halogens is 3. The third kappa shape index (κ3) is 6.73. The lowest BCUT2D eigenvalue weighted by molar-refractivity contribution is -0.137. The van der Waals surface area contributed by atoms with Gasteiger partial charge in [0.25, 0.3) is 0 Å². The third-order valence-electron chi connectivity index (χ3n) is 5.04. The van der Waals surface area contributed by atoms with Gasteiger partial charge in [-0.15, -0.1) is 0 Å². The molecule has 0 radical (unpaired) electrons. The quantitative estimate of drug-likeness (QED) is 0.512. The predicted molar refractivity (Wildman–Crippen MR) is 114 cm³/mol. The standard InChI is InChI=1S/C23H27F3N4O/c1-2-27-22(28-14-17-8-10-20(11-9-17)23(24,25)26)29-15-18-5-3-6-19(13-18)16-30-12-4-7-21(30)31/h3,5-6,8-11,13H,2,4,7,12,14-16H2,1H3,(H2,27,28,29). The number of alkyl halides is 3. The second-order valence-corrected chi connectivity index (χ2v) is 7.48. The van der Waals surface area contributed by atoms with E-state index >= 15 is 0 Å². The monoisotopic (exact) mass is 432 g/mol. The van der Waals surface area contributed by atoms with E-state index in [4.69, 9.17) is 0 Å². The van der Waals surface area contributed by atoms with Gasteiger partial charge in [-0.25, -0.2) is 4.99 Å². The fraction of sp³-hybridized carbons (Fsp3) is 0.391. The molecule has 2 aromatic rings. The summed E-state index contributed by atoms with van der Waals surface area (Å²) in [7, 11) is 0. The molecule has 0 saturated carbocycles. The van der Waals surface area contributed by atoms with Crippen LogP contribution in [0.4, 0.5) is 13.2 Å². The van der Waals surface area contributed by atoms with E-state index in [1.165, 1.54) is 12.1 Å². The summed E-state index contributed by atoms with van der Waals surface area (Å²) in [5, 5.41) is 6.29. The smallest absolute Gasteiger partial charge is 0.357 e. The van der Waals surface area contributed by atoms with Crippen LogP contribution in [-0.4, -0.2) is 29.9 Å². The van der Waals surface area contributed by atoms with Crippen LogP contribution in [0.25, 0.3) is 0 Å². The molecule has 0 atom stereocenters. The Labute approximate surface area is 180 Å². The Bertz CT molecular complexity index is 910. The highest BCUT2D eigenvalue weighted by molar-refractivity contribution is 5.79. The second-order valence-electron chi connectivity index (χ2n) is 7.48. The number of likely N-dealkylation sites (tertiary alicyclic amines) is 1. The van der Waals surface area contributed by atoms with E-state index in [1.807, 2.05) is 30.0 Å². The Kier molecular flexibility index (Phi) is 7.55. The number of nitrogens with one attached hydrogen (secondary N) is 2. The van der Waals surface area contributed by atoms with Gasteiger partial charge in [-0.05, 0) is 42.2 Å². The van der Waals surface area contributed by atoms with Crippen LogP contribution in [0.3, 0.4) is 0 Å². The van der Waals surface area contributed by atoms with Crippen LogP contribution in [0.2, 0.25) is 0 Å². The van der Waals surface area contributed by atoms with Gasteiger partial charge in [0.1, 0.15) is 0 Å². The van der Waals surface area contributed by atoms with Crippen molar-refractivity contribution in [3.63, 3.8) is 0 Å². The molecule has 31 heavy (non-hydrogen) atoms. The minimum absolute atomic E-state index is 0.199. The van der Waals surface area contributed by atoms with Crippen LogP contribution < -0.4 is 10.6 Å². The Hall–Kier alpha value is -3.03. The lowest BCUT2D eigenvalue weighted by Gasteiger charge is -2.16. The summed E-state index contributed by atoms with van der Waals surface area (Å²) in [6.45, 7) is 4.84. The van der Waals surface area contributed by atoms with Gasteiger partial charge in [-0.3, -0.25) is 4.79 Å². The molecular weight excluding hydrogens is 405 g/mol. The molecule has 0 spiro atoms. The van der Waals surface area contributed by atoms with E-state index < -0.39 is 11.7 Å². The fourth-order valence-electron chi connectivity index (χ4n) is 3.43. The number of hydrogen-bond donors (Lipinski definition) is 2. The zero-order valence-electron chi connectivity index (χ0n) is 17.5. The van der Waals surface area contributed by atoms with Crippen molar-refractivity contribution < 1.29 is 18.0 Å². The number of carbonyl (C=O) groups excluding carboxylic acids is 1. The summed E-state index contributed by atoms with van der Waals surface area (Å²) in [5.41, 5.74) is 2.17. The number of carbonyl (C=O) groups is 1. The van der Waals surface area contributed by atoms with Crippen molar-refractivity contribution in [1.82, 2.24) is 15.5 Å². The van der Waals surface area contributed by atoms with Crippen LogP contribution in [0.5, 0.6) is 0 Å². The van der Waals surface area contributed by atoms with Crippen molar-refractivity contribution in [2.45, 2.75) is 45.6 Å². The number of amides is 1. The number of rotatable bonds is 7. The van der Waals surface area contributed by atoms with Gasteiger partial charge in [-0.2, -0.15) is 13.2 Å². The Morgan fingerprint density at radius 1 is 1.06 bits per heavy atom. The number of aliphatic imine (C=N–C) groups is 1. The van der Waals surface area contributed by atoms with Gasteiger partial charge >= 0.3 is 6.18 Å². The highest BCUT2D eigenvalue weighted by Gasteiger charge is 2.29. The van der Waals surface area contributed by atoms with Gasteiger partial charge in [-0.1, -0.05) is 36.4 Å². The van der Waals surface area contributed by atoms with Gasteiger partial charge < -0.3 is 15.5 Å². The first-order valence-electron chi connectivity index (χ1n) is 10.4. The Balaban J connectivity index is 1.59. The summed E-state index contributed by atoms with van der Waals surface area (Å²) < 4.78 is 38.1. The second kappa shape index (κ2) is 10.3. The molecule has 5 nitrogen and oxygen atoms in total. The van der Waals surface area contributed by atoms with E-state index in [9.17, 15) is 18.0 Å². The van der Waals surface area contributed by atoms with Crippen molar-refractivity contribution >= 4 is 11.9 Å². The number of guanidine groups is 1. The van der Waals surface area contributed by atoms with E-state index in [2.05, 4.69) is 21.7 Å². The molecule has 166 valence electrons. The van der Waals surface area contributed by atoms with Crippen LogP contribution in [0, 0.1) is 0 Å². The summed E-state index contributed by atoms with van der Waals surface area (Å²) in [5.74, 6) is 0.785. The van der Waals surface area contributed by atoms with Gasteiger partial charge in [0.05, 0.1) is 12.1 Å². The molecule has 1 fully saturated rings. The zero-order valence-corrected chi connectivity index (χ0v) is 17.5. The van der Waals surface area contributed by atoms with Crippen molar-refractivity contribution in [2.75, 3.05) is 13.1 Å². The molecule has 2 N–H and O–H groups in total.